The van der Waals surface area contributed by atoms with E-state index in [0.717, 1.165) is 0 Å². The second-order valence-corrected chi connectivity index (χ2v) is 4.52. The highest BCUT2D eigenvalue weighted by atomic mass is 19.3. The van der Waals surface area contributed by atoms with Gasteiger partial charge in [-0.2, -0.15) is 10.2 Å². The molecule has 20 heavy (non-hydrogen) atoms. The van der Waals surface area contributed by atoms with Crippen LogP contribution < -0.4 is 5.32 Å². The summed E-state index contributed by atoms with van der Waals surface area (Å²) in [6.45, 7) is 3.28. The third kappa shape index (κ3) is 3.01. The van der Waals surface area contributed by atoms with Crippen molar-refractivity contribution >= 4 is 11.6 Å². The van der Waals surface area contributed by atoms with Crippen molar-refractivity contribution < 1.29 is 13.6 Å². The third-order valence-electron chi connectivity index (χ3n) is 2.80. The maximum atomic E-state index is 12.5. The van der Waals surface area contributed by atoms with Crippen LogP contribution in [0.3, 0.4) is 0 Å². The van der Waals surface area contributed by atoms with Gasteiger partial charge in [-0.1, -0.05) is 0 Å². The number of hydrogen-bond donors (Lipinski definition) is 1. The van der Waals surface area contributed by atoms with Crippen molar-refractivity contribution in [3.63, 3.8) is 0 Å². The van der Waals surface area contributed by atoms with Crippen molar-refractivity contribution in [2.75, 3.05) is 5.32 Å². The van der Waals surface area contributed by atoms with E-state index in [1.165, 1.54) is 10.7 Å². The van der Waals surface area contributed by atoms with Crippen molar-refractivity contribution in [3.8, 4) is 0 Å². The van der Waals surface area contributed by atoms with E-state index in [1.807, 2.05) is 0 Å². The molecule has 0 unspecified atom stereocenters. The van der Waals surface area contributed by atoms with Crippen molar-refractivity contribution in [1.29, 1.82) is 0 Å². The summed E-state index contributed by atoms with van der Waals surface area (Å²) in [6.07, 6.45) is -0.966. The average Bonchev–Trinajstić information content (AvgIpc) is 2.84. The highest BCUT2D eigenvalue weighted by Crippen LogP contribution is 2.18. The van der Waals surface area contributed by atoms with Crippen LogP contribution in [0.5, 0.6) is 0 Å². The SMILES string of the molecule is Cc1nn(C)cc1NC(=O)Cn1nc(C(F)F)cc1C. The van der Waals surface area contributed by atoms with Gasteiger partial charge in [-0.25, -0.2) is 8.78 Å². The lowest BCUT2D eigenvalue weighted by molar-refractivity contribution is -0.117. The lowest BCUT2D eigenvalue weighted by atomic mass is 10.4. The van der Waals surface area contributed by atoms with Crippen LogP contribution in [0.4, 0.5) is 14.5 Å². The molecule has 0 saturated carbocycles. The van der Waals surface area contributed by atoms with E-state index in [2.05, 4.69) is 15.5 Å². The smallest absolute Gasteiger partial charge is 0.282 e. The van der Waals surface area contributed by atoms with Crippen LogP contribution in [-0.2, 0) is 18.4 Å². The number of amides is 1. The van der Waals surface area contributed by atoms with Gasteiger partial charge >= 0.3 is 0 Å². The lowest BCUT2D eigenvalue weighted by Crippen LogP contribution is -2.20. The molecule has 2 aromatic rings. The molecule has 0 aromatic carbocycles. The van der Waals surface area contributed by atoms with Gasteiger partial charge in [0.25, 0.3) is 6.43 Å². The van der Waals surface area contributed by atoms with E-state index >= 15 is 0 Å². The Morgan fingerprint density at radius 2 is 2.10 bits per heavy atom. The van der Waals surface area contributed by atoms with Gasteiger partial charge in [0.15, 0.2) is 0 Å². The maximum absolute atomic E-state index is 12.5. The average molecular weight is 283 g/mol. The van der Waals surface area contributed by atoms with Gasteiger partial charge in [0, 0.05) is 18.9 Å². The molecule has 0 spiro atoms. The molecular weight excluding hydrogens is 268 g/mol. The molecule has 6 nitrogen and oxygen atoms in total. The topological polar surface area (TPSA) is 64.7 Å². The molecule has 2 rings (SSSR count). The molecule has 1 amide bonds. The molecule has 0 saturated heterocycles. The number of hydrogen-bond acceptors (Lipinski definition) is 3. The first-order valence-electron chi connectivity index (χ1n) is 5.99. The summed E-state index contributed by atoms with van der Waals surface area (Å²) < 4.78 is 27.9. The predicted molar refractivity (Wildman–Crippen MR) is 68.5 cm³/mol. The van der Waals surface area contributed by atoms with Crippen LogP contribution in [0.15, 0.2) is 12.3 Å². The standard InChI is InChI=1S/C12H15F2N5O/c1-7-4-9(12(13)14)17-19(7)6-11(20)15-10-5-18(3)16-8(10)2/h4-5,12H,6H2,1-3H3,(H,15,20). The zero-order chi connectivity index (χ0) is 14.9. The Morgan fingerprint density at radius 1 is 1.40 bits per heavy atom. The third-order valence-corrected chi connectivity index (χ3v) is 2.80. The number of nitrogens with zero attached hydrogens (tertiary/aromatic N) is 4. The van der Waals surface area contributed by atoms with E-state index in [-0.39, 0.29) is 18.1 Å². The normalized spacial score (nSPS) is 11.1. The zero-order valence-corrected chi connectivity index (χ0v) is 11.4. The van der Waals surface area contributed by atoms with Gasteiger partial charge in [-0.05, 0) is 19.9 Å². The van der Waals surface area contributed by atoms with Gasteiger partial charge in [0.1, 0.15) is 12.2 Å². The number of carbonyl (C=O) groups is 1. The van der Waals surface area contributed by atoms with Gasteiger partial charge in [-0.3, -0.25) is 14.2 Å². The first kappa shape index (κ1) is 14.2. The highest BCUT2D eigenvalue weighted by molar-refractivity contribution is 5.90. The van der Waals surface area contributed by atoms with Crippen molar-refractivity contribution in [3.05, 3.63) is 29.3 Å². The zero-order valence-electron chi connectivity index (χ0n) is 11.4. The molecule has 0 atom stereocenters. The molecule has 2 aromatic heterocycles. The van der Waals surface area contributed by atoms with E-state index in [1.54, 1.807) is 31.8 Å². The fourth-order valence-electron chi connectivity index (χ4n) is 1.85. The summed E-state index contributed by atoms with van der Waals surface area (Å²) in [4.78, 5) is 11.9. The molecule has 0 aliphatic carbocycles. The van der Waals surface area contributed by atoms with Crippen molar-refractivity contribution in [1.82, 2.24) is 19.6 Å². The summed E-state index contributed by atoms with van der Waals surface area (Å²) in [6, 6.07) is 1.27. The molecular formula is C12H15F2N5O. The number of carbonyl (C=O) groups excluding carboxylic acids is 1. The van der Waals surface area contributed by atoms with Gasteiger partial charge in [0.05, 0.1) is 11.4 Å². The Labute approximate surface area is 114 Å². The van der Waals surface area contributed by atoms with Crippen LogP contribution in [0.2, 0.25) is 0 Å². The number of nitrogens with one attached hydrogen (secondary N) is 1. The monoisotopic (exact) mass is 283 g/mol. The van der Waals surface area contributed by atoms with Gasteiger partial charge in [0.2, 0.25) is 5.91 Å². The Bertz CT molecular complexity index is 632. The number of aromatic nitrogens is 4. The van der Waals surface area contributed by atoms with Crippen LogP contribution in [0.1, 0.15) is 23.5 Å². The second-order valence-electron chi connectivity index (χ2n) is 4.52. The Hall–Kier alpha value is -2.25. The summed E-state index contributed by atoms with van der Waals surface area (Å²) >= 11 is 0. The Kier molecular flexibility index (Phi) is 3.82. The molecule has 8 heteroatoms. The van der Waals surface area contributed by atoms with Crippen LogP contribution in [0.25, 0.3) is 0 Å². The quantitative estimate of drug-likeness (QED) is 0.930. The van der Waals surface area contributed by atoms with E-state index < -0.39 is 6.43 Å². The molecule has 0 fully saturated rings. The number of alkyl halides is 2. The minimum Gasteiger partial charge on any atom is -0.322 e. The number of anilines is 1. The molecule has 108 valence electrons. The summed E-state index contributed by atoms with van der Waals surface area (Å²) in [5.41, 5.74) is 1.47. The van der Waals surface area contributed by atoms with Crippen LogP contribution in [0, 0.1) is 13.8 Å². The molecule has 0 aliphatic rings. The molecule has 0 bridgehead atoms. The maximum Gasteiger partial charge on any atom is 0.282 e. The largest absolute Gasteiger partial charge is 0.322 e. The number of aryl methyl sites for hydroxylation is 3. The van der Waals surface area contributed by atoms with Gasteiger partial charge < -0.3 is 5.32 Å². The Morgan fingerprint density at radius 3 is 2.60 bits per heavy atom. The minimum atomic E-state index is -2.64. The fourth-order valence-corrected chi connectivity index (χ4v) is 1.85. The highest BCUT2D eigenvalue weighted by Gasteiger charge is 2.15. The van der Waals surface area contributed by atoms with Crippen molar-refractivity contribution in [2.24, 2.45) is 7.05 Å². The fraction of sp³-hybridized carbons (Fsp3) is 0.417. The molecule has 1 N–H and O–H groups in total. The summed E-state index contributed by atoms with van der Waals surface area (Å²) in [5, 5.41) is 10.5. The van der Waals surface area contributed by atoms with E-state index in [9.17, 15) is 13.6 Å². The predicted octanol–water partition coefficient (Wildman–Crippen LogP) is 1.81. The first-order chi connectivity index (χ1) is 9.36. The number of rotatable bonds is 4. The summed E-state index contributed by atoms with van der Waals surface area (Å²) in [5.74, 6) is -0.340. The van der Waals surface area contributed by atoms with E-state index in [0.29, 0.717) is 17.1 Å². The van der Waals surface area contributed by atoms with Gasteiger partial charge in [-0.15, -0.1) is 0 Å². The lowest BCUT2D eigenvalue weighted by Gasteiger charge is -2.05. The minimum absolute atomic E-state index is 0.118. The van der Waals surface area contributed by atoms with E-state index in [4.69, 9.17) is 0 Å². The molecule has 0 radical (unpaired) electrons. The Balaban J connectivity index is 2.06. The summed E-state index contributed by atoms with van der Waals surface area (Å²) in [7, 11) is 1.75. The molecule has 0 aliphatic heterocycles. The van der Waals surface area contributed by atoms with Crippen LogP contribution in [-0.4, -0.2) is 25.5 Å². The second kappa shape index (κ2) is 5.40. The number of halogens is 2. The first-order valence-corrected chi connectivity index (χ1v) is 5.99. The van der Waals surface area contributed by atoms with Crippen molar-refractivity contribution in [2.45, 2.75) is 26.8 Å². The van der Waals surface area contributed by atoms with Crippen LogP contribution >= 0.6 is 0 Å². The molecule has 2 heterocycles.